The summed E-state index contributed by atoms with van der Waals surface area (Å²) < 4.78 is 2.08. The van der Waals surface area contributed by atoms with Crippen molar-refractivity contribution >= 4 is 17.3 Å². The number of pyridine rings is 1. The number of rotatable bonds is 7. The monoisotopic (exact) mass is 242 g/mol. The molecular weight excluding hydrogens is 224 g/mol. The number of aryl methyl sites for hydroxylation is 1. The van der Waals surface area contributed by atoms with Gasteiger partial charge in [0.05, 0.1) is 0 Å². The Hall–Kier alpha value is -1.90. The van der Waals surface area contributed by atoms with Gasteiger partial charge in [0.25, 0.3) is 0 Å². The van der Waals surface area contributed by atoms with E-state index in [1.807, 2.05) is 24.4 Å². The summed E-state index contributed by atoms with van der Waals surface area (Å²) in [5, 5.41) is 0.943. The Morgan fingerprint density at radius 3 is 3.00 bits per heavy atom. The summed E-state index contributed by atoms with van der Waals surface area (Å²) in [7, 11) is 0. The highest BCUT2D eigenvalue weighted by molar-refractivity contribution is 5.95. The Morgan fingerprint density at radius 2 is 2.22 bits per heavy atom. The van der Waals surface area contributed by atoms with E-state index in [0.29, 0.717) is 0 Å². The highest BCUT2D eigenvalue weighted by Gasteiger charge is 2.07. The van der Waals surface area contributed by atoms with Gasteiger partial charge in [0, 0.05) is 29.9 Å². The summed E-state index contributed by atoms with van der Waals surface area (Å²) >= 11 is 0. The molecule has 0 aliphatic carbocycles. The molecule has 0 spiro atoms. The quantitative estimate of drug-likeness (QED) is 0.422. The first-order valence-corrected chi connectivity index (χ1v) is 6.36. The predicted octanol–water partition coefficient (Wildman–Crippen LogP) is 3.60. The normalized spacial score (nSPS) is 10.7. The fraction of sp³-hybridized carbons (Fsp3) is 0.333. The van der Waals surface area contributed by atoms with E-state index in [0.717, 1.165) is 42.3 Å². The number of nitrogens with zero attached hydrogens (tertiary/aromatic N) is 2. The third-order valence-electron chi connectivity index (χ3n) is 3.10. The second-order valence-corrected chi connectivity index (χ2v) is 4.41. The molecule has 3 nitrogen and oxygen atoms in total. The first kappa shape index (κ1) is 12.6. The van der Waals surface area contributed by atoms with Gasteiger partial charge in [-0.2, -0.15) is 0 Å². The smallest absolute Gasteiger partial charge is 0.152 e. The minimum atomic E-state index is 0.726. The average molecular weight is 242 g/mol. The first-order chi connectivity index (χ1) is 8.86. The first-order valence-electron chi connectivity index (χ1n) is 6.36. The molecule has 0 atom stereocenters. The lowest BCUT2D eigenvalue weighted by atomic mass is 10.2. The van der Waals surface area contributed by atoms with Crippen molar-refractivity contribution in [1.82, 2.24) is 9.55 Å². The standard InChI is InChI=1S/C15H18N2O/c1-2-3-4-5-6-10-17-11-13(12-18)14-8-7-9-16-15(14)17/h2,7-9,11-12H,1,3-6,10H2. The predicted molar refractivity (Wildman–Crippen MR) is 73.8 cm³/mol. The van der Waals surface area contributed by atoms with Gasteiger partial charge in [-0.3, -0.25) is 4.79 Å². The van der Waals surface area contributed by atoms with Gasteiger partial charge in [0.2, 0.25) is 0 Å². The van der Waals surface area contributed by atoms with Crippen LogP contribution in [0.2, 0.25) is 0 Å². The number of carbonyl (C=O) groups is 1. The van der Waals surface area contributed by atoms with E-state index < -0.39 is 0 Å². The van der Waals surface area contributed by atoms with E-state index in [1.165, 1.54) is 12.8 Å². The summed E-state index contributed by atoms with van der Waals surface area (Å²) in [5.74, 6) is 0. The fourth-order valence-electron chi connectivity index (χ4n) is 2.16. The number of hydrogen-bond acceptors (Lipinski definition) is 2. The molecule has 0 saturated carbocycles. The lowest BCUT2D eigenvalue weighted by Crippen LogP contribution is -1.97. The van der Waals surface area contributed by atoms with Crippen molar-refractivity contribution in [3.63, 3.8) is 0 Å². The van der Waals surface area contributed by atoms with Crippen LogP contribution in [0.25, 0.3) is 11.0 Å². The molecule has 2 aromatic rings. The van der Waals surface area contributed by atoms with Gasteiger partial charge in [0.15, 0.2) is 6.29 Å². The molecule has 0 N–H and O–H groups in total. The van der Waals surface area contributed by atoms with Crippen LogP contribution in [0.3, 0.4) is 0 Å². The molecule has 0 radical (unpaired) electrons. The van der Waals surface area contributed by atoms with Crippen LogP contribution in [0.15, 0.2) is 37.2 Å². The van der Waals surface area contributed by atoms with Crippen molar-refractivity contribution < 1.29 is 4.79 Å². The van der Waals surface area contributed by atoms with E-state index in [2.05, 4.69) is 16.1 Å². The molecule has 3 heteroatoms. The second-order valence-electron chi connectivity index (χ2n) is 4.41. The van der Waals surface area contributed by atoms with Crippen LogP contribution in [0.1, 0.15) is 36.0 Å². The maximum absolute atomic E-state index is 11.0. The van der Waals surface area contributed by atoms with Crippen LogP contribution in [-0.2, 0) is 6.54 Å². The van der Waals surface area contributed by atoms with Crippen LogP contribution in [0, 0.1) is 0 Å². The Balaban J connectivity index is 2.08. The zero-order chi connectivity index (χ0) is 12.8. The Labute approximate surface area is 107 Å². The van der Waals surface area contributed by atoms with E-state index >= 15 is 0 Å². The molecule has 0 bridgehead atoms. The third-order valence-corrected chi connectivity index (χ3v) is 3.10. The molecule has 0 saturated heterocycles. The van der Waals surface area contributed by atoms with Crippen LogP contribution in [-0.4, -0.2) is 15.8 Å². The van der Waals surface area contributed by atoms with Crippen molar-refractivity contribution in [3.05, 3.63) is 42.7 Å². The third kappa shape index (κ3) is 2.67. The molecule has 2 aromatic heterocycles. The molecule has 2 heterocycles. The second kappa shape index (κ2) is 6.15. The maximum Gasteiger partial charge on any atom is 0.152 e. The summed E-state index contributed by atoms with van der Waals surface area (Å²) in [6.07, 6.45) is 11.1. The molecule has 0 aliphatic heterocycles. The van der Waals surface area contributed by atoms with E-state index in [-0.39, 0.29) is 0 Å². The highest BCUT2D eigenvalue weighted by Crippen LogP contribution is 2.18. The molecule has 0 fully saturated rings. The SMILES string of the molecule is C=CCCCCCn1cc(C=O)c2cccnc21. The van der Waals surface area contributed by atoms with Gasteiger partial charge >= 0.3 is 0 Å². The van der Waals surface area contributed by atoms with E-state index in [4.69, 9.17) is 0 Å². The highest BCUT2D eigenvalue weighted by atomic mass is 16.1. The number of aldehydes is 1. The lowest BCUT2D eigenvalue weighted by molar-refractivity contribution is 0.112. The van der Waals surface area contributed by atoms with E-state index in [9.17, 15) is 4.79 Å². The number of fused-ring (bicyclic) bond motifs is 1. The average Bonchev–Trinajstić information content (AvgIpc) is 2.77. The van der Waals surface area contributed by atoms with Gasteiger partial charge in [-0.05, 0) is 31.4 Å². The Bertz CT molecular complexity index is 542. The van der Waals surface area contributed by atoms with Crippen molar-refractivity contribution in [3.8, 4) is 0 Å². The lowest BCUT2D eigenvalue weighted by Gasteiger charge is -2.03. The molecule has 94 valence electrons. The molecule has 0 aliphatic rings. The number of aromatic nitrogens is 2. The van der Waals surface area contributed by atoms with Gasteiger partial charge in [0.1, 0.15) is 5.65 Å². The topological polar surface area (TPSA) is 34.9 Å². The minimum Gasteiger partial charge on any atom is -0.332 e. The zero-order valence-electron chi connectivity index (χ0n) is 10.5. The van der Waals surface area contributed by atoms with Crippen LogP contribution in [0.5, 0.6) is 0 Å². The van der Waals surface area contributed by atoms with Crippen molar-refractivity contribution in [2.75, 3.05) is 0 Å². The fourth-order valence-corrected chi connectivity index (χ4v) is 2.16. The number of unbranched alkanes of at least 4 members (excludes halogenated alkanes) is 3. The largest absolute Gasteiger partial charge is 0.332 e. The number of hydrogen-bond donors (Lipinski definition) is 0. The minimum absolute atomic E-state index is 0.726. The molecule has 18 heavy (non-hydrogen) atoms. The Morgan fingerprint density at radius 1 is 1.33 bits per heavy atom. The van der Waals surface area contributed by atoms with Gasteiger partial charge < -0.3 is 4.57 Å². The summed E-state index contributed by atoms with van der Waals surface area (Å²) in [5.41, 5.74) is 1.63. The number of allylic oxidation sites excluding steroid dienone is 1. The van der Waals surface area contributed by atoms with Gasteiger partial charge in [-0.15, -0.1) is 6.58 Å². The van der Waals surface area contributed by atoms with E-state index in [1.54, 1.807) is 6.20 Å². The molecule has 0 amide bonds. The van der Waals surface area contributed by atoms with Crippen LogP contribution >= 0.6 is 0 Å². The maximum atomic E-state index is 11.0. The van der Waals surface area contributed by atoms with Crippen LogP contribution in [0.4, 0.5) is 0 Å². The number of carbonyl (C=O) groups excluding carboxylic acids is 1. The Kier molecular flexibility index (Phi) is 4.29. The van der Waals surface area contributed by atoms with Crippen LogP contribution < -0.4 is 0 Å². The molecule has 0 aromatic carbocycles. The van der Waals surface area contributed by atoms with Crippen molar-refractivity contribution in [2.45, 2.75) is 32.2 Å². The van der Waals surface area contributed by atoms with Gasteiger partial charge in [-0.25, -0.2) is 4.98 Å². The van der Waals surface area contributed by atoms with Crippen molar-refractivity contribution in [1.29, 1.82) is 0 Å². The molecule has 0 unspecified atom stereocenters. The molecular formula is C15H18N2O. The summed E-state index contributed by atoms with van der Waals surface area (Å²) in [4.78, 5) is 15.3. The zero-order valence-corrected chi connectivity index (χ0v) is 10.5. The van der Waals surface area contributed by atoms with Gasteiger partial charge in [-0.1, -0.05) is 12.5 Å². The van der Waals surface area contributed by atoms with Crippen molar-refractivity contribution in [2.24, 2.45) is 0 Å². The molecule has 2 rings (SSSR count). The summed E-state index contributed by atoms with van der Waals surface area (Å²) in [6.45, 7) is 4.63. The summed E-state index contributed by atoms with van der Waals surface area (Å²) in [6, 6.07) is 3.81.